The molecule has 1 unspecified atom stereocenters. The number of hydrogen-bond donors (Lipinski definition) is 5. The summed E-state index contributed by atoms with van der Waals surface area (Å²) in [5.41, 5.74) is 14.3. The van der Waals surface area contributed by atoms with Crippen LogP contribution in [0.2, 0.25) is 0 Å². The number of anilines is 3. The molecule has 12 nitrogen and oxygen atoms in total. The van der Waals surface area contributed by atoms with Gasteiger partial charge in [0.15, 0.2) is 5.82 Å². The van der Waals surface area contributed by atoms with Crippen LogP contribution in [0.25, 0.3) is 22.3 Å². The number of nitrogens with one attached hydrogen (secondary N) is 2. The second kappa shape index (κ2) is 9.58. The van der Waals surface area contributed by atoms with E-state index in [1.807, 2.05) is 50.2 Å². The molecule has 7 N–H and O–H groups in total. The third-order valence-electron chi connectivity index (χ3n) is 6.02. The van der Waals surface area contributed by atoms with Crippen LogP contribution in [0.1, 0.15) is 24.4 Å². The van der Waals surface area contributed by atoms with Crippen molar-refractivity contribution in [2.24, 2.45) is 5.73 Å². The van der Waals surface area contributed by atoms with Gasteiger partial charge >= 0.3 is 6.03 Å². The van der Waals surface area contributed by atoms with Gasteiger partial charge in [0, 0.05) is 18.0 Å². The summed E-state index contributed by atoms with van der Waals surface area (Å²) < 4.78 is 3.13. The van der Waals surface area contributed by atoms with Crippen LogP contribution in [0.4, 0.5) is 22.1 Å². The lowest BCUT2D eigenvalue weighted by atomic mass is 10.0. The molecule has 2 amide bonds. The summed E-state index contributed by atoms with van der Waals surface area (Å²) in [6.45, 7) is 3.70. The van der Waals surface area contributed by atoms with Crippen LogP contribution in [0, 0.1) is 6.92 Å². The second-order valence-corrected chi connectivity index (χ2v) is 8.73. The van der Waals surface area contributed by atoms with Gasteiger partial charge < -0.3 is 27.2 Å². The molecule has 3 heterocycles. The highest BCUT2D eigenvalue weighted by molar-refractivity contribution is 5.91. The summed E-state index contributed by atoms with van der Waals surface area (Å²) in [7, 11) is 0. The summed E-state index contributed by atoms with van der Waals surface area (Å²) in [4.78, 5) is 33.5. The lowest BCUT2D eigenvalue weighted by Gasteiger charge is -2.21. The van der Waals surface area contributed by atoms with E-state index in [0.717, 1.165) is 5.56 Å². The quantitative estimate of drug-likeness (QED) is 0.231. The minimum Gasteiger partial charge on any atom is -0.508 e. The Morgan fingerprint density at radius 1 is 1.11 bits per heavy atom. The van der Waals surface area contributed by atoms with Crippen molar-refractivity contribution in [3.05, 3.63) is 88.9 Å². The molecule has 192 valence electrons. The monoisotopic (exact) mass is 511 g/mol. The lowest BCUT2D eigenvalue weighted by Crippen LogP contribution is -2.29. The fourth-order valence-electron chi connectivity index (χ4n) is 4.37. The summed E-state index contributed by atoms with van der Waals surface area (Å²) in [5.74, 6) is 0.773. The third kappa shape index (κ3) is 4.46. The van der Waals surface area contributed by atoms with Gasteiger partial charge in [-0.25, -0.2) is 19.3 Å². The van der Waals surface area contributed by atoms with Crippen LogP contribution in [-0.2, 0) is 0 Å². The van der Waals surface area contributed by atoms with E-state index in [1.54, 1.807) is 21.3 Å². The Morgan fingerprint density at radius 3 is 2.61 bits per heavy atom. The molecule has 0 aliphatic rings. The number of phenolic OH excluding ortho intramolecular Hbond substituents is 1. The van der Waals surface area contributed by atoms with Gasteiger partial charge in [-0.15, -0.1) is 0 Å². The molecule has 3 aromatic heterocycles. The van der Waals surface area contributed by atoms with Crippen LogP contribution in [0.3, 0.4) is 0 Å². The van der Waals surface area contributed by atoms with Crippen molar-refractivity contribution >= 4 is 28.9 Å². The molecule has 0 saturated heterocycles. The van der Waals surface area contributed by atoms with Crippen LogP contribution in [0.15, 0.2) is 71.9 Å². The Bertz CT molecular complexity index is 1730. The Kier molecular flexibility index (Phi) is 6.13. The summed E-state index contributed by atoms with van der Waals surface area (Å²) in [5, 5.41) is 20.7. The van der Waals surface area contributed by atoms with Crippen molar-refractivity contribution < 1.29 is 9.90 Å². The summed E-state index contributed by atoms with van der Waals surface area (Å²) in [6.07, 6.45) is 3.04. The predicted octanol–water partition coefficient (Wildman–Crippen LogP) is 3.20. The number of urea groups is 1. The second-order valence-electron chi connectivity index (χ2n) is 8.73. The number of para-hydroxylation sites is 1. The number of hydrogen-bond acceptors (Lipinski definition) is 8. The number of phenols is 1. The number of carbonyl (C=O) groups excluding carboxylic acids is 1. The van der Waals surface area contributed by atoms with E-state index in [1.165, 1.54) is 18.5 Å². The average Bonchev–Trinajstić information content (AvgIpc) is 3.24. The number of benzene rings is 2. The Labute approximate surface area is 216 Å². The minimum absolute atomic E-state index is 0.124. The number of aryl methyl sites for hydroxylation is 1. The number of nitrogen functional groups attached to an aromatic ring is 1. The SMILES string of the molecule is Cc1ccn2nc(C(C)Nc3ncnc(N)c3-c3cc(O)cc(NC(N)=O)c3)n(-c3ccccc3)c(=O)c12. The van der Waals surface area contributed by atoms with Crippen LogP contribution < -0.4 is 27.7 Å². The maximum absolute atomic E-state index is 13.7. The van der Waals surface area contributed by atoms with Crippen molar-refractivity contribution in [3.63, 3.8) is 0 Å². The Morgan fingerprint density at radius 2 is 1.87 bits per heavy atom. The number of amides is 2. The highest BCUT2D eigenvalue weighted by atomic mass is 16.3. The Hall–Kier alpha value is -5.39. The van der Waals surface area contributed by atoms with Crippen LogP contribution in [0.5, 0.6) is 5.75 Å². The number of fused-ring (bicyclic) bond motifs is 1. The third-order valence-corrected chi connectivity index (χ3v) is 6.02. The number of primary amides is 1. The molecule has 5 rings (SSSR count). The number of nitrogens with two attached hydrogens (primary N) is 2. The molecule has 0 aliphatic carbocycles. The molecule has 2 aromatic carbocycles. The van der Waals surface area contributed by atoms with Gasteiger partial charge in [-0.1, -0.05) is 18.2 Å². The molecular formula is C26H25N9O3. The number of rotatable bonds is 6. The predicted molar refractivity (Wildman–Crippen MR) is 144 cm³/mol. The molecule has 0 fully saturated rings. The zero-order valence-corrected chi connectivity index (χ0v) is 20.6. The van der Waals surface area contributed by atoms with E-state index >= 15 is 0 Å². The first-order valence-corrected chi connectivity index (χ1v) is 11.7. The van der Waals surface area contributed by atoms with Gasteiger partial charge in [0.05, 0.1) is 17.3 Å². The van der Waals surface area contributed by atoms with Crippen molar-refractivity contribution in [3.8, 4) is 22.6 Å². The fraction of sp³-hybridized carbons (Fsp3) is 0.115. The molecule has 0 aliphatic heterocycles. The molecular weight excluding hydrogens is 486 g/mol. The standard InChI is InChI=1S/C26H25N9O3/c1-14-8-9-34-21(14)25(37)35(18-6-4-3-5-7-18)24(33-34)15(2)31-23-20(22(27)29-13-30-23)16-10-17(32-26(28)38)12-19(36)11-16/h3-13,15,36H,1-2H3,(H3,28,32,38)(H3,27,29,30,31). The molecule has 5 aromatic rings. The molecule has 38 heavy (non-hydrogen) atoms. The van der Waals surface area contributed by atoms with E-state index in [9.17, 15) is 14.7 Å². The first kappa shape index (κ1) is 24.3. The highest BCUT2D eigenvalue weighted by Crippen LogP contribution is 2.36. The van der Waals surface area contributed by atoms with Crippen molar-refractivity contribution in [1.29, 1.82) is 0 Å². The Balaban J connectivity index is 1.63. The van der Waals surface area contributed by atoms with Gasteiger partial charge in [0.2, 0.25) is 0 Å². The number of aromatic nitrogens is 5. The van der Waals surface area contributed by atoms with Crippen LogP contribution >= 0.6 is 0 Å². The van der Waals surface area contributed by atoms with Crippen LogP contribution in [-0.4, -0.2) is 35.3 Å². The van der Waals surface area contributed by atoms with Gasteiger partial charge in [-0.3, -0.25) is 9.36 Å². The zero-order chi connectivity index (χ0) is 27.0. The van der Waals surface area contributed by atoms with Gasteiger partial charge in [-0.05, 0) is 55.3 Å². The highest BCUT2D eigenvalue weighted by Gasteiger charge is 2.22. The normalized spacial score (nSPS) is 11.8. The summed E-state index contributed by atoms with van der Waals surface area (Å²) in [6, 6.07) is 14.1. The maximum Gasteiger partial charge on any atom is 0.316 e. The lowest BCUT2D eigenvalue weighted by molar-refractivity contribution is 0.259. The van der Waals surface area contributed by atoms with Crippen molar-refractivity contribution in [2.45, 2.75) is 19.9 Å². The van der Waals surface area contributed by atoms with Gasteiger partial charge in [-0.2, -0.15) is 5.10 Å². The fourth-order valence-corrected chi connectivity index (χ4v) is 4.37. The van der Waals surface area contributed by atoms with Gasteiger partial charge in [0.1, 0.15) is 29.2 Å². The topological polar surface area (TPSA) is 178 Å². The summed E-state index contributed by atoms with van der Waals surface area (Å²) >= 11 is 0. The number of aromatic hydroxyl groups is 1. The largest absolute Gasteiger partial charge is 0.508 e. The smallest absolute Gasteiger partial charge is 0.316 e. The van der Waals surface area contributed by atoms with E-state index < -0.39 is 12.1 Å². The molecule has 0 spiro atoms. The number of carbonyl (C=O) groups is 1. The first-order valence-electron chi connectivity index (χ1n) is 11.7. The molecule has 12 heteroatoms. The average molecular weight is 512 g/mol. The number of nitrogens with zero attached hydrogens (tertiary/aromatic N) is 5. The molecule has 1 atom stereocenters. The zero-order valence-electron chi connectivity index (χ0n) is 20.6. The maximum atomic E-state index is 13.7. The van der Waals surface area contributed by atoms with E-state index in [0.29, 0.717) is 34.0 Å². The van der Waals surface area contributed by atoms with E-state index in [2.05, 4.69) is 20.6 Å². The van der Waals surface area contributed by atoms with Crippen molar-refractivity contribution in [2.75, 3.05) is 16.4 Å². The van der Waals surface area contributed by atoms with E-state index in [-0.39, 0.29) is 22.8 Å². The van der Waals surface area contributed by atoms with Crippen molar-refractivity contribution in [1.82, 2.24) is 24.1 Å². The minimum atomic E-state index is -0.786. The molecule has 0 radical (unpaired) electrons. The molecule has 0 bridgehead atoms. The molecule has 0 saturated carbocycles. The van der Waals surface area contributed by atoms with Gasteiger partial charge in [0.25, 0.3) is 5.56 Å². The van der Waals surface area contributed by atoms with E-state index in [4.69, 9.17) is 16.6 Å². The first-order chi connectivity index (χ1) is 18.2.